The molecule has 2 atom stereocenters. The first-order chi connectivity index (χ1) is 29.2. The van der Waals surface area contributed by atoms with Crippen LogP contribution in [0.25, 0.3) is 0 Å². The van der Waals surface area contributed by atoms with Gasteiger partial charge in [-0.2, -0.15) is 0 Å². The molecule has 3 N–H and O–H groups in total. The summed E-state index contributed by atoms with van der Waals surface area (Å²) in [6.07, 6.45) is 67.8. The number of aliphatic hydroxyl groups is 2. The van der Waals surface area contributed by atoms with Crippen LogP contribution >= 0.6 is 0 Å². The Morgan fingerprint density at radius 1 is 0.390 bits per heavy atom. The van der Waals surface area contributed by atoms with E-state index in [1.807, 2.05) is 6.08 Å². The van der Waals surface area contributed by atoms with Gasteiger partial charge in [-0.25, -0.2) is 0 Å². The van der Waals surface area contributed by atoms with E-state index < -0.39 is 12.1 Å². The smallest absolute Gasteiger partial charge is 0.220 e. The van der Waals surface area contributed by atoms with Gasteiger partial charge in [0.05, 0.1) is 18.8 Å². The molecule has 4 heteroatoms. The van der Waals surface area contributed by atoms with Gasteiger partial charge in [-0.3, -0.25) is 4.79 Å². The summed E-state index contributed by atoms with van der Waals surface area (Å²) in [6, 6.07) is -0.634. The molecule has 0 heterocycles. The van der Waals surface area contributed by atoms with Crippen molar-refractivity contribution in [3.8, 4) is 0 Å². The molecule has 0 aromatic rings. The predicted octanol–water partition coefficient (Wildman–Crippen LogP) is 17.5. The maximum Gasteiger partial charge on any atom is 0.220 e. The van der Waals surface area contributed by atoms with Crippen molar-refractivity contribution in [1.29, 1.82) is 0 Å². The van der Waals surface area contributed by atoms with Crippen molar-refractivity contribution in [2.45, 2.75) is 315 Å². The van der Waals surface area contributed by atoms with Crippen LogP contribution in [0.15, 0.2) is 24.3 Å². The van der Waals surface area contributed by atoms with Crippen molar-refractivity contribution in [3.05, 3.63) is 24.3 Å². The lowest BCUT2D eigenvalue weighted by Crippen LogP contribution is -2.45. The number of aliphatic hydroxyl groups excluding tert-OH is 2. The summed E-state index contributed by atoms with van der Waals surface area (Å²) in [5.74, 6) is -0.0693. The Balaban J connectivity index is 3.37. The van der Waals surface area contributed by atoms with Gasteiger partial charge in [-0.05, 0) is 32.1 Å². The molecule has 0 rings (SSSR count). The minimum Gasteiger partial charge on any atom is -0.394 e. The van der Waals surface area contributed by atoms with Crippen molar-refractivity contribution in [2.24, 2.45) is 0 Å². The molecule has 0 spiro atoms. The van der Waals surface area contributed by atoms with E-state index >= 15 is 0 Å². The monoisotopic (exact) mass is 830 g/mol. The summed E-state index contributed by atoms with van der Waals surface area (Å²) < 4.78 is 0. The van der Waals surface area contributed by atoms with Crippen LogP contribution in [0, 0.1) is 0 Å². The van der Waals surface area contributed by atoms with Gasteiger partial charge in [0.25, 0.3) is 0 Å². The lowest BCUT2D eigenvalue weighted by Gasteiger charge is -2.19. The molecular formula is C55H107NO3. The fourth-order valence-electron chi connectivity index (χ4n) is 8.55. The fourth-order valence-corrected chi connectivity index (χ4v) is 8.55. The molecule has 350 valence electrons. The second kappa shape index (κ2) is 51.2. The lowest BCUT2D eigenvalue weighted by atomic mass is 10.0. The summed E-state index contributed by atoms with van der Waals surface area (Å²) in [7, 11) is 0. The summed E-state index contributed by atoms with van der Waals surface area (Å²) in [4.78, 5) is 12.4. The lowest BCUT2D eigenvalue weighted by molar-refractivity contribution is -0.123. The molecule has 0 aromatic heterocycles. The molecule has 59 heavy (non-hydrogen) atoms. The van der Waals surface area contributed by atoms with Gasteiger partial charge in [0.1, 0.15) is 0 Å². The van der Waals surface area contributed by atoms with E-state index in [0.29, 0.717) is 6.42 Å². The first kappa shape index (κ1) is 57.9. The highest BCUT2D eigenvalue weighted by molar-refractivity contribution is 5.76. The van der Waals surface area contributed by atoms with Crippen LogP contribution in [0.5, 0.6) is 0 Å². The number of nitrogens with one attached hydrogen (secondary N) is 1. The average molecular weight is 830 g/mol. The molecule has 0 saturated heterocycles. The van der Waals surface area contributed by atoms with Crippen LogP contribution in [0.2, 0.25) is 0 Å². The highest BCUT2D eigenvalue weighted by Crippen LogP contribution is 2.18. The van der Waals surface area contributed by atoms with Gasteiger partial charge < -0.3 is 15.5 Å². The Morgan fingerprint density at radius 3 is 0.983 bits per heavy atom. The molecule has 0 fully saturated rings. The molecule has 0 aliphatic heterocycles. The van der Waals surface area contributed by atoms with E-state index in [-0.39, 0.29) is 12.5 Å². The molecule has 0 bridgehead atoms. The van der Waals surface area contributed by atoms with Gasteiger partial charge in [-0.1, -0.05) is 289 Å². The van der Waals surface area contributed by atoms with Crippen molar-refractivity contribution in [3.63, 3.8) is 0 Å². The Kier molecular flexibility index (Phi) is 50.2. The first-order valence-corrected chi connectivity index (χ1v) is 27.1. The van der Waals surface area contributed by atoms with Crippen LogP contribution in [0.4, 0.5) is 0 Å². The normalized spacial score (nSPS) is 12.9. The molecule has 0 saturated carbocycles. The third kappa shape index (κ3) is 47.8. The van der Waals surface area contributed by atoms with Gasteiger partial charge in [0, 0.05) is 6.42 Å². The summed E-state index contributed by atoms with van der Waals surface area (Å²) in [5, 5.41) is 23.0. The second-order valence-electron chi connectivity index (χ2n) is 18.7. The third-order valence-corrected chi connectivity index (χ3v) is 12.7. The molecular weight excluding hydrogens is 723 g/mol. The van der Waals surface area contributed by atoms with Crippen LogP contribution in [-0.4, -0.2) is 34.9 Å². The molecule has 1 amide bonds. The van der Waals surface area contributed by atoms with Crippen LogP contribution < -0.4 is 5.32 Å². The van der Waals surface area contributed by atoms with Gasteiger partial charge in [0.2, 0.25) is 5.91 Å². The number of allylic oxidation sites excluding steroid dienone is 3. The zero-order valence-electron chi connectivity index (χ0n) is 40.3. The largest absolute Gasteiger partial charge is 0.394 e. The minimum absolute atomic E-state index is 0.0693. The molecule has 0 aliphatic carbocycles. The second-order valence-corrected chi connectivity index (χ2v) is 18.7. The Morgan fingerprint density at radius 2 is 0.661 bits per heavy atom. The molecule has 0 aliphatic rings. The highest BCUT2D eigenvalue weighted by atomic mass is 16.3. The van der Waals surface area contributed by atoms with E-state index in [1.54, 1.807) is 6.08 Å². The van der Waals surface area contributed by atoms with Crippen LogP contribution in [0.3, 0.4) is 0 Å². The molecule has 2 unspecified atom stereocenters. The number of rotatable bonds is 50. The van der Waals surface area contributed by atoms with Crippen molar-refractivity contribution >= 4 is 5.91 Å². The van der Waals surface area contributed by atoms with E-state index in [1.165, 1.54) is 250 Å². The van der Waals surface area contributed by atoms with E-state index in [2.05, 4.69) is 31.3 Å². The quantitative estimate of drug-likeness (QED) is 0.0422. The topological polar surface area (TPSA) is 69.6 Å². The number of amides is 1. The number of unbranched alkanes of at least 4 members (excludes halogenated alkanes) is 41. The average Bonchev–Trinajstić information content (AvgIpc) is 3.24. The minimum atomic E-state index is -0.857. The maximum atomic E-state index is 12.4. The van der Waals surface area contributed by atoms with E-state index in [0.717, 1.165) is 32.1 Å². The van der Waals surface area contributed by atoms with Crippen LogP contribution in [-0.2, 0) is 4.79 Å². The number of hydrogen-bond acceptors (Lipinski definition) is 3. The zero-order valence-corrected chi connectivity index (χ0v) is 40.3. The predicted molar refractivity (Wildman–Crippen MR) is 262 cm³/mol. The summed E-state index contributed by atoms with van der Waals surface area (Å²) >= 11 is 0. The third-order valence-electron chi connectivity index (χ3n) is 12.7. The van der Waals surface area contributed by atoms with Crippen molar-refractivity contribution in [2.75, 3.05) is 6.61 Å². The van der Waals surface area contributed by atoms with Crippen molar-refractivity contribution < 1.29 is 15.0 Å². The highest BCUT2D eigenvalue weighted by Gasteiger charge is 2.18. The Labute approximate surface area is 370 Å². The number of carbonyl (C=O) groups excluding carboxylic acids is 1. The Hall–Kier alpha value is -1.13. The first-order valence-electron chi connectivity index (χ1n) is 27.1. The number of hydrogen-bond donors (Lipinski definition) is 3. The van der Waals surface area contributed by atoms with E-state index in [9.17, 15) is 15.0 Å². The molecule has 0 radical (unpaired) electrons. The fraction of sp³-hybridized carbons (Fsp3) is 0.909. The SMILES string of the molecule is CCCCCCCC/C=C/CC/C=C/C(O)C(CO)NC(=O)CCCCCCCCCCCCCCCCCCCCCCCCCCCCCCCCCCCCC. The standard InChI is InChI=1S/C55H107NO3/c1-3-5-7-9-11-13-15-17-18-19-20-21-22-23-24-25-26-27-28-29-30-31-32-33-34-35-36-37-38-39-41-43-45-47-49-51-55(59)56-53(52-57)54(58)50-48-46-44-42-40-16-14-12-10-8-6-4-2/h40,42,48,50,53-54,57-58H,3-39,41,43-47,49,51-52H2,1-2H3,(H,56,59)/b42-40+,50-48+. The zero-order chi connectivity index (χ0) is 42.8. The van der Waals surface area contributed by atoms with Gasteiger partial charge in [0.15, 0.2) is 0 Å². The molecule has 4 nitrogen and oxygen atoms in total. The van der Waals surface area contributed by atoms with Crippen molar-refractivity contribution in [1.82, 2.24) is 5.32 Å². The Bertz CT molecular complexity index is 855. The van der Waals surface area contributed by atoms with Gasteiger partial charge >= 0.3 is 0 Å². The summed E-state index contributed by atoms with van der Waals surface area (Å²) in [5.41, 5.74) is 0. The van der Waals surface area contributed by atoms with Crippen LogP contribution in [0.1, 0.15) is 303 Å². The molecule has 0 aromatic carbocycles. The van der Waals surface area contributed by atoms with E-state index in [4.69, 9.17) is 0 Å². The maximum absolute atomic E-state index is 12.4. The van der Waals surface area contributed by atoms with Gasteiger partial charge in [-0.15, -0.1) is 0 Å². The number of carbonyl (C=O) groups is 1. The summed E-state index contributed by atoms with van der Waals surface area (Å²) in [6.45, 7) is 4.30.